The Kier molecular flexibility index (Phi) is 5.55. The molecular formula is C17H23N3O. The molecule has 112 valence electrons. The quantitative estimate of drug-likeness (QED) is 0.835. The van der Waals surface area contributed by atoms with E-state index in [1.54, 1.807) is 12.3 Å². The predicted molar refractivity (Wildman–Crippen MR) is 85.7 cm³/mol. The fourth-order valence-corrected chi connectivity index (χ4v) is 1.92. The molecule has 0 atom stereocenters. The van der Waals surface area contributed by atoms with Crippen LogP contribution in [0.15, 0.2) is 36.5 Å². The Morgan fingerprint density at radius 3 is 2.57 bits per heavy atom. The fourth-order valence-electron chi connectivity index (χ4n) is 1.92. The van der Waals surface area contributed by atoms with Crippen molar-refractivity contribution in [1.29, 1.82) is 0 Å². The van der Waals surface area contributed by atoms with Crippen LogP contribution in [-0.2, 0) is 6.54 Å². The molecule has 1 heterocycles. The van der Waals surface area contributed by atoms with Crippen LogP contribution in [0.2, 0.25) is 0 Å². The molecule has 0 amide bonds. The molecule has 0 saturated carbocycles. The van der Waals surface area contributed by atoms with Crippen LogP contribution in [0.4, 0.5) is 5.95 Å². The third-order valence-corrected chi connectivity index (χ3v) is 3.18. The van der Waals surface area contributed by atoms with Gasteiger partial charge in [0.25, 0.3) is 0 Å². The second-order valence-corrected chi connectivity index (χ2v) is 5.32. The molecule has 0 bridgehead atoms. The lowest BCUT2D eigenvalue weighted by molar-refractivity contribution is 0.305. The first-order valence-electron chi connectivity index (χ1n) is 7.47. The largest absolute Gasteiger partial charge is 0.478 e. The van der Waals surface area contributed by atoms with E-state index in [0.717, 1.165) is 6.42 Å². The van der Waals surface area contributed by atoms with Gasteiger partial charge in [-0.15, -0.1) is 0 Å². The van der Waals surface area contributed by atoms with Gasteiger partial charge in [-0.2, -0.15) is 4.98 Å². The number of hydrogen-bond donors (Lipinski definition) is 1. The fraction of sp³-hybridized carbons (Fsp3) is 0.412. The van der Waals surface area contributed by atoms with Crippen LogP contribution in [0.25, 0.3) is 0 Å². The Hall–Kier alpha value is -2.10. The topological polar surface area (TPSA) is 47.0 Å². The second kappa shape index (κ2) is 7.62. The third-order valence-electron chi connectivity index (χ3n) is 3.18. The number of hydrogen-bond acceptors (Lipinski definition) is 4. The number of aromatic nitrogens is 2. The monoisotopic (exact) mass is 285 g/mol. The number of rotatable bonds is 7. The van der Waals surface area contributed by atoms with E-state index >= 15 is 0 Å². The van der Waals surface area contributed by atoms with E-state index in [1.165, 1.54) is 11.1 Å². The van der Waals surface area contributed by atoms with Gasteiger partial charge in [-0.05, 0) is 23.5 Å². The van der Waals surface area contributed by atoms with E-state index < -0.39 is 0 Å². The lowest BCUT2D eigenvalue weighted by Gasteiger charge is -2.09. The summed E-state index contributed by atoms with van der Waals surface area (Å²) in [6, 6.07) is 10.4. The van der Waals surface area contributed by atoms with Gasteiger partial charge in [0.1, 0.15) is 0 Å². The van der Waals surface area contributed by atoms with E-state index in [4.69, 9.17) is 4.74 Å². The van der Waals surface area contributed by atoms with Gasteiger partial charge in [0.05, 0.1) is 6.61 Å². The molecule has 2 rings (SSSR count). The van der Waals surface area contributed by atoms with Gasteiger partial charge in [-0.3, -0.25) is 0 Å². The lowest BCUT2D eigenvalue weighted by atomic mass is 10.0. The Bertz CT molecular complexity index is 552. The van der Waals surface area contributed by atoms with Gasteiger partial charge >= 0.3 is 0 Å². The highest BCUT2D eigenvalue weighted by Crippen LogP contribution is 2.15. The molecule has 0 unspecified atom stereocenters. The van der Waals surface area contributed by atoms with Crippen molar-refractivity contribution in [2.45, 2.75) is 39.7 Å². The second-order valence-electron chi connectivity index (χ2n) is 5.32. The number of ether oxygens (including phenoxy) is 1. The first-order valence-corrected chi connectivity index (χ1v) is 7.47. The van der Waals surface area contributed by atoms with Crippen LogP contribution < -0.4 is 10.1 Å². The summed E-state index contributed by atoms with van der Waals surface area (Å²) >= 11 is 0. The molecule has 0 radical (unpaired) electrons. The van der Waals surface area contributed by atoms with E-state index in [9.17, 15) is 0 Å². The highest BCUT2D eigenvalue weighted by atomic mass is 16.5. The van der Waals surface area contributed by atoms with E-state index in [1.807, 2.05) is 0 Å². The molecule has 1 N–H and O–H groups in total. The van der Waals surface area contributed by atoms with Gasteiger partial charge in [-0.25, -0.2) is 4.98 Å². The van der Waals surface area contributed by atoms with Crippen LogP contribution in [0, 0.1) is 0 Å². The average Bonchev–Trinajstić information content (AvgIpc) is 2.52. The Morgan fingerprint density at radius 2 is 1.90 bits per heavy atom. The van der Waals surface area contributed by atoms with Crippen molar-refractivity contribution in [3.8, 4) is 5.88 Å². The molecule has 4 heteroatoms. The first kappa shape index (κ1) is 15.3. The maximum atomic E-state index is 5.50. The molecule has 0 aliphatic heterocycles. The summed E-state index contributed by atoms with van der Waals surface area (Å²) in [5.41, 5.74) is 2.56. The zero-order chi connectivity index (χ0) is 15.1. The van der Waals surface area contributed by atoms with Crippen molar-refractivity contribution < 1.29 is 4.74 Å². The van der Waals surface area contributed by atoms with Crippen molar-refractivity contribution in [2.24, 2.45) is 0 Å². The number of anilines is 1. The van der Waals surface area contributed by atoms with Gasteiger partial charge in [0.2, 0.25) is 11.8 Å². The Balaban J connectivity index is 1.93. The van der Waals surface area contributed by atoms with Gasteiger partial charge in [0.15, 0.2) is 0 Å². The molecule has 2 aromatic rings. The van der Waals surface area contributed by atoms with Crippen LogP contribution in [0.3, 0.4) is 0 Å². The molecule has 1 aromatic heterocycles. The highest BCUT2D eigenvalue weighted by molar-refractivity contribution is 5.31. The molecular weight excluding hydrogens is 262 g/mol. The van der Waals surface area contributed by atoms with E-state index in [-0.39, 0.29) is 0 Å². The summed E-state index contributed by atoms with van der Waals surface area (Å²) in [7, 11) is 0. The van der Waals surface area contributed by atoms with Gasteiger partial charge < -0.3 is 10.1 Å². The van der Waals surface area contributed by atoms with Crippen molar-refractivity contribution in [3.05, 3.63) is 47.7 Å². The van der Waals surface area contributed by atoms with Crippen molar-refractivity contribution in [2.75, 3.05) is 11.9 Å². The number of nitrogens with zero attached hydrogens (tertiary/aromatic N) is 2. The van der Waals surface area contributed by atoms with Crippen molar-refractivity contribution >= 4 is 5.95 Å². The molecule has 1 aromatic carbocycles. The minimum absolute atomic E-state index is 0.558. The normalized spacial score (nSPS) is 10.7. The maximum absolute atomic E-state index is 5.50. The summed E-state index contributed by atoms with van der Waals surface area (Å²) in [4.78, 5) is 8.53. The lowest BCUT2D eigenvalue weighted by Crippen LogP contribution is -2.05. The molecule has 0 fully saturated rings. The van der Waals surface area contributed by atoms with E-state index in [2.05, 4.69) is 60.3 Å². The summed E-state index contributed by atoms with van der Waals surface area (Å²) in [5, 5.41) is 3.22. The van der Waals surface area contributed by atoms with Crippen molar-refractivity contribution in [3.63, 3.8) is 0 Å². The van der Waals surface area contributed by atoms with Gasteiger partial charge in [-0.1, -0.05) is 45.0 Å². The van der Waals surface area contributed by atoms with Crippen LogP contribution in [-0.4, -0.2) is 16.6 Å². The summed E-state index contributed by atoms with van der Waals surface area (Å²) < 4.78 is 5.50. The molecule has 0 aliphatic carbocycles. The molecule has 0 aliphatic rings. The van der Waals surface area contributed by atoms with Crippen LogP contribution in [0.1, 0.15) is 44.2 Å². The number of benzene rings is 1. The highest BCUT2D eigenvalue weighted by Gasteiger charge is 2.02. The minimum atomic E-state index is 0.558. The van der Waals surface area contributed by atoms with Crippen LogP contribution in [0.5, 0.6) is 5.88 Å². The maximum Gasteiger partial charge on any atom is 0.226 e. The molecule has 21 heavy (non-hydrogen) atoms. The zero-order valence-electron chi connectivity index (χ0n) is 13.0. The first-order chi connectivity index (χ1) is 10.2. The third kappa shape index (κ3) is 4.74. The van der Waals surface area contributed by atoms with Gasteiger partial charge in [0, 0.05) is 18.8 Å². The number of nitrogens with one attached hydrogen (secondary N) is 1. The Labute approximate surface area is 126 Å². The SMILES string of the molecule is CCCOc1ccnc(NCc2ccc(C(C)C)cc2)n1. The standard InChI is InChI=1S/C17H23N3O/c1-4-11-21-16-9-10-18-17(20-16)19-12-14-5-7-15(8-6-14)13(2)3/h5-10,13H,4,11-12H2,1-3H3,(H,18,19,20). The smallest absolute Gasteiger partial charge is 0.226 e. The zero-order valence-corrected chi connectivity index (χ0v) is 13.0. The summed E-state index contributed by atoms with van der Waals surface area (Å²) in [5.74, 6) is 1.77. The summed E-state index contributed by atoms with van der Waals surface area (Å²) in [6.45, 7) is 7.84. The minimum Gasteiger partial charge on any atom is -0.478 e. The van der Waals surface area contributed by atoms with Crippen molar-refractivity contribution in [1.82, 2.24) is 9.97 Å². The Morgan fingerprint density at radius 1 is 1.14 bits per heavy atom. The van der Waals surface area contributed by atoms with Crippen LogP contribution >= 0.6 is 0 Å². The molecule has 0 saturated heterocycles. The molecule has 4 nitrogen and oxygen atoms in total. The predicted octanol–water partition coefficient (Wildman–Crippen LogP) is 4.00. The average molecular weight is 285 g/mol. The molecule has 0 spiro atoms. The van der Waals surface area contributed by atoms with E-state index in [0.29, 0.717) is 30.9 Å². The summed E-state index contributed by atoms with van der Waals surface area (Å²) in [6.07, 6.45) is 2.68.